The van der Waals surface area contributed by atoms with E-state index < -0.39 is 26.6 Å². The minimum absolute atomic E-state index is 0.0372. The van der Waals surface area contributed by atoms with E-state index in [1.54, 1.807) is 22.6 Å². The first-order valence-electron chi connectivity index (χ1n) is 3.46. The molecule has 0 atom stereocenters. The summed E-state index contributed by atoms with van der Waals surface area (Å²) in [5.74, 6) is -1.73. The molecular formula is C7H6F2INO2S. The Morgan fingerprint density at radius 3 is 2.36 bits per heavy atom. The van der Waals surface area contributed by atoms with E-state index in [2.05, 4.69) is 0 Å². The van der Waals surface area contributed by atoms with Crippen molar-refractivity contribution in [2.75, 3.05) is 7.05 Å². The third-order valence-corrected chi connectivity index (χ3v) is 3.79. The summed E-state index contributed by atoms with van der Waals surface area (Å²) >= 11 is 1.58. The first-order valence-corrected chi connectivity index (χ1v) is 6.03. The highest BCUT2D eigenvalue weighted by Crippen LogP contribution is 2.20. The van der Waals surface area contributed by atoms with Gasteiger partial charge in [0.2, 0.25) is 10.0 Å². The fourth-order valence-electron chi connectivity index (χ4n) is 0.820. The van der Waals surface area contributed by atoms with Crippen LogP contribution in [0.2, 0.25) is 0 Å². The van der Waals surface area contributed by atoms with Crippen molar-refractivity contribution in [2.24, 2.45) is 0 Å². The van der Waals surface area contributed by atoms with Crippen LogP contribution < -0.4 is 4.72 Å². The Kier molecular flexibility index (Phi) is 3.43. The lowest BCUT2D eigenvalue weighted by atomic mass is 10.3. The van der Waals surface area contributed by atoms with Gasteiger partial charge in [0.25, 0.3) is 0 Å². The van der Waals surface area contributed by atoms with Crippen LogP contribution in [-0.4, -0.2) is 15.5 Å². The third kappa shape index (κ3) is 2.20. The predicted molar refractivity (Wildman–Crippen MR) is 55.3 cm³/mol. The zero-order valence-corrected chi connectivity index (χ0v) is 9.99. The number of benzene rings is 1. The number of hydrogen-bond acceptors (Lipinski definition) is 2. The van der Waals surface area contributed by atoms with E-state index in [1.807, 2.05) is 4.72 Å². The van der Waals surface area contributed by atoms with Crippen molar-refractivity contribution in [1.82, 2.24) is 4.72 Å². The van der Waals surface area contributed by atoms with Gasteiger partial charge >= 0.3 is 0 Å². The maximum Gasteiger partial charge on any atom is 0.243 e. The van der Waals surface area contributed by atoms with Gasteiger partial charge in [0.1, 0.15) is 16.5 Å². The summed E-state index contributed by atoms with van der Waals surface area (Å²) in [6.45, 7) is 0. The summed E-state index contributed by atoms with van der Waals surface area (Å²) in [6.07, 6.45) is 0. The molecule has 3 nitrogen and oxygen atoms in total. The molecule has 0 aliphatic rings. The molecule has 78 valence electrons. The van der Waals surface area contributed by atoms with Crippen molar-refractivity contribution >= 4 is 32.6 Å². The fraction of sp³-hybridized carbons (Fsp3) is 0.143. The number of sulfonamides is 1. The van der Waals surface area contributed by atoms with E-state index in [4.69, 9.17) is 0 Å². The van der Waals surface area contributed by atoms with E-state index in [-0.39, 0.29) is 3.57 Å². The van der Waals surface area contributed by atoms with Crippen molar-refractivity contribution in [3.8, 4) is 0 Å². The average Bonchev–Trinajstić information content (AvgIpc) is 2.11. The predicted octanol–water partition coefficient (Wildman–Crippen LogP) is 1.48. The molecule has 0 spiro atoms. The minimum Gasteiger partial charge on any atom is -0.214 e. The molecule has 0 saturated heterocycles. The topological polar surface area (TPSA) is 46.2 Å². The maximum absolute atomic E-state index is 13.1. The second kappa shape index (κ2) is 4.07. The van der Waals surface area contributed by atoms with Crippen molar-refractivity contribution in [1.29, 1.82) is 0 Å². The Morgan fingerprint density at radius 2 is 1.86 bits per heavy atom. The zero-order chi connectivity index (χ0) is 10.9. The highest BCUT2D eigenvalue weighted by molar-refractivity contribution is 14.1. The summed E-state index contributed by atoms with van der Waals surface area (Å²) in [4.78, 5) is -0.682. The molecule has 1 aromatic rings. The van der Waals surface area contributed by atoms with Crippen LogP contribution in [0.3, 0.4) is 0 Å². The summed E-state index contributed by atoms with van der Waals surface area (Å²) in [5, 5.41) is 0. The Balaban J connectivity index is 3.45. The molecular weight excluding hydrogens is 327 g/mol. The van der Waals surface area contributed by atoms with E-state index >= 15 is 0 Å². The van der Waals surface area contributed by atoms with Gasteiger partial charge in [-0.1, -0.05) is 0 Å². The molecule has 0 fully saturated rings. The molecule has 0 aliphatic carbocycles. The molecule has 0 radical (unpaired) electrons. The number of halogens is 3. The Hall–Kier alpha value is -0.280. The van der Waals surface area contributed by atoms with Crippen LogP contribution in [-0.2, 0) is 10.0 Å². The monoisotopic (exact) mass is 333 g/mol. The normalized spacial score (nSPS) is 11.7. The second-order valence-corrected chi connectivity index (χ2v) is 5.42. The molecule has 1 N–H and O–H groups in total. The van der Waals surface area contributed by atoms with Gasteiger partial charge in [-0.3, -0.25) is 0 Å². The minimum atomic E-state index is -3.94. The molecule has 1 aromatic carbocycles. The quantitative estimate of drug-likeness (QED) is 0.658. The molecule has 0 unspecified atom stereocenters. The Labute approximate surface area is 93.7 Å². The molecule has 0 aromatic heterocycles. The molecule has 7 heteroatoms. The van der Waals surface area contributed by atoms with Crippen LogP contribution in [0.4, 0.5) is 8.78 Å². The number of hydrogen-bond donors (Lipinski definition) is 1. The SMILES string of the molecule is CNS(=O)(=O)c1cc(F)c(I)cc1F. The number of rotatable bonds is 2. The van der Waals surface area contributed by atoms with Crippen molar-refractivity contribution in [3.05, 3.63) is 27.3 Å². The van der Waals surface area contributed by atoms with Gasteiger partial charge in [-0.2, -0.15) is 0 Å². The molecule has 0 amide bonds. The Bertz CT molecular complexity index is 461. The number of nitrogens with one attached hydrogen (secondary N) is 1. The Morgan fingerprint density at radius 1 is 1.29 bits per heavy atom. The lowest BCUT2D eigenvalue weighted by Crippen LogP contribution is -2.20. The third-order valence-electron chi connectivity index (χ3n) is 1.53. The van der Waals surface area contributed by atoms with E-state index in [1.165, 1.54) is 0 Å². The molecule has 0 heterocycles. The lowest BCUT2D eigenvalue weighted by Gasteiger charge is -2.04. The first kappa shape index (κ1) is 11.8. The lowest BCUT2D eigenvalue weighted by molar-refractivity contribution is 0.546. The highest BCUT2D eigenvalue weighted by Gasteiger charge is 2.19. The van der Waals surface area contributed by atoms with Gasteiger partial charge in [0.05, 0.1) is 3.57 Å². The fourth-order valence-corrected chi connectivity index (χ4v) is 2.04. The van der Waals surface area contributed by atoms with Crippen molar-refractivity contribution < 1.29 is 17.2 Å². The molecule has 0 bridgehead atoms. The van der Waals surface area contributed by atoms with Gasteiger partial charge < -0.3 is 0 Å². The standard InChI is InChI=1S/C7H6F2INO2S/c1-11-14(12,13)7-3-4(8)6(10)2-5(7)9/h2-3,11H,1H3. The van der Waals surface area contributed by atoms with E-state index in [0.29, 0.717) is 6.07 Å². The summed E-state index contributed by atoms with van der Waals surface area (Å²) < 4.78 is 50.4. The smallest absolute Gasteiger partial charge is 0.214 e. The summed E-state index contributed by atoms with van der Waals surface area (Å²) in [7, 11) is -2.81. The van der Waals surface area contributed by atoms with E-state index in [9.17, 15) is 17.2 Å². The summed E-state index contributed by atoms with van der Waals surface area (Å²) in [5.41, 5.74) is 0. The largest absolute Gasteiger partial charge is 0.243 e. The van der Waals surface area contributed by atoms with Crippen molar-refractivity contribution in [3.63, 3.8) is 0 Å². The van der Waals surface area contributed by atoms with Gasteiger partial charge in [0.15, 0.2) is 0 Å². The van der Waals surface area contributed by atoms with Crippen LogP contribution in [0.25, 0.3) is 0 Å². The van der Waals surface area contributed by atoms with Gasteiger partial charge in [-0.05, 0) is 41.8 Å². The maximum atomic E-state index is 13.1. The van der Waals surface area contributed by atoms with Gasteiger partial charge in [-0.25, -0.2) is 21.9 Å². The van der Waals surface area contributed by atoms with Crippen molar-refractivity contribution in [2.45, 2.75) is 4.90 Å². The van der Waals surface area contributed by atoms with Crippen LogP contribution >= 0.6 is 22.6 Å². The highest BCUT2D eigenvalue weighted by atomic mass is 127. The zero-order valence-electron chi connectivity index (χ0n) is 7.01. The van der Waals surface area contributed by atoms with Gasteiger partial charge in [-0.15, -0.1) is 0 Å². The molecule has 14 heavy (non-hydrogen) atoms. The second-order valence-electron chi connectivity index (χ2n) is 2.40. The van der Waals surface area contributed by atoms with Crippen LogP contribution in [0.1, 0.15) is 0 Å². The van der Waals surface area contributed by atoms with Crippen LogP contribution in [0.15, 0.2) is 17.0 Å². The van der Waals surface area contributed by atoms with Gasteiger partial charge in [0, 0.05) is 0 Å². The van der Waals surface area contributed by atoms with E-state index in [0.717, 1.165) is 13.1 Å². The summed E-state index contributed by atoms with van der Waals surface area (Å²) in [6, 6.07) is 1.49. The molecule has 0 saturated carbocycles. The first-order chi connectivity index (χ1) is 6.38. The molecule has 0 aliphatic heterocycles. The average molecular weight is 333 g/mol. The molecule has 1 rings (SSSR count). The van der Waals surface area contributed by atoms with Crippen LogP contribution in [0, 0.1) is 15.2 Å². The van der Waals surface area contributed by atoms with Crippen LogP contribution in [0.5, 0.6) is 0 Å².